The minimum absolute atomic E-state index is 0.0689. The van der Waals surface area contributed by atoms with E-state index >= 15 is 0 Å². The minimum Gasteiger partial charge on any atom is -0.369 e. The highest BCUT2D eigenvalue weighted by Gasteiger charge is 2.16. The van der Waals surface area contributed by atoms with Crippen LogP contribution in [0.2, 0.25) is 0 Å². The van der Waals surface area contributed by atoms with Gasteiger partial charge >= 0.3 is 0 Å². The van der Waals surface area contributed by atoms with Crippen LogP contribution in [0.1, 0.15) is 11.3 Å². The molecule has 0 aliphatic carbocycles. The van der Waals surface area contributed by atoms with Gasteiger partial charge in [0.2, 0.25) is 5.91 Å². The van der Waals surface area contributed by atoms with Crippen molar-refractivity contribution in [1.29, 1.82) is 0 Å². The fourth-order valence-corrected chi connectivity index (χ4v) is 4.36. The van der Waals surface area contributed by atoms with Gasteiger partial charge in [0.15, 0.2) is 0 Å². The second-order valence-corrected chi connectivity index (χ2v) is 8.04. The predicted octanol–water partition coefficient (Wildman–Crippen LogP) is 5.02. The smallest absolute Gasteiger partial charge is 0.271 e. The molecule has 31 heavy (non-hydrogen) atoms. The molecule has 1 amide bonds. The van der Waals surface area contributed by atoms with Crippen molar-refractivity contribution >= 4 is 44.7 Å². The lowest BCUT2D eigenvalue weighted by atomic mass is 10.0. The summed E-state index contributed by atoms with van der Waals surface area (Å²) in [6, 6.07) is 15.9. The molecule has 0 bridgehead atoms. The average Bonchev–Trinajstić information content (AvgIpc) is 3.11. The molecular weight excluding hydrogens is 414 g/mol. The summed E-state index contributed by atoms with van der Waals surface area (Å²) < 4.78 is 0. The van der Waals surface area contributed by atoms with E-state index < -0.39 is 4.92 Å². The van der Waals surface area contributed by atoms with E-state index in [1.54, 1.807) is 17.4 Å². The van der Waals surface area contributed by atoms with Gasteiger partial charge in [0.25, 0.3) is 5.69 Å². The molecule has 0 saturated carbocycles. The van der Waals surface area contributed by atoms with Crippen molar-refractivity contribution in [2.75, 3.05) is 17.2 Å². The van der Waals surface area contributed by atoms with Crippen LogP contribution in [0.5, 0.6) is 0 Å². The maximum Gasteiger partial charge on any atom is 0.271 e. The van der Waals surface area contributed by atoms with Crippen molar-refractivity contribution < 1.29 is 9.72 Å². The number of amides is 1. The highest BCUT2D eigenvalue weighted by atomic mass is 32.1. The number of thiophene rings is 1. The first kappa shape index (κ1) is 20.4. The zero-order valence-corrected chi connectivity index (χ0v) is 17.5. The number of rotatable bonds is 7. The molecule has 0 spiro atoms. The Balaban J connectivity index is 1.48. The molecule has 0 radical (unpaired) electrons. The molecule has 2 heterocycles. The van der Waals surface area contributed by atoms with Gasteiger partial charge in [-0.1, -0.05) is 36.4 Å². The van der Waals surface area contributed by atoms with Crippen LogP contribution in [-0.4, -0.2) is 27.3 Å². The molecule has 2 aromatic heterocycles. The second kappa shape index (κ2) is 8.88. The summed E-state index contributed by atoms with van der Waals surface area (Å²) in [6.45, 7) is 2.42. The van der Waals surface area contributed by atoms with Crippen molar-refractivity contribution in [3.8, 4) is 11.1 Å². The van der Waals surface area contributed by atoms with Gasteiger partial charge in [-0.2, -0.15) is 0 Å². The lowest BCUT2D eigenvalue weighted by Gasteiger charge is -2.09. The second-order valence-electron chi connectivity index (χ2n) is 6.83. The van der Waals surface area contributed by atoms with Gasteiger partial charge in [0.1, 0.15) is 17.0 Å². The summed E-state index contributed by atoms with van der Waals surface area (Å²) in [5, 5.41) is 17.8. The number of hydrogen-bond acceptors (Lipinski definition) is 7. The summed E-state index contributed by atoms with van der Waals surface area (Å²) in [6.07, 6.45) is 1.69. The van der Waals surface area contributed by atoms with Gasteiger partial charge in [-0.25, -0.2) is 9.97 Å². The normalized spacial score (nSPS) is 10.7. The number of carbonyl (C=O) groups excluding carboxylic acids is 1. The third kappa shape index (κ3) is 4.51. The lowest BCUT2D eigenvalue weighted by molar-refractivity contribution is -0.384. The molecule has 0 unspecified atom stereocenters. The van der Waals surface area contributed by atoms with Crippen molar-refractivity contribution in [2.45, 2.75) is 13.3 Å². The van der Waals surface area contributed by atoms with Gasteiger partial charge in [-0.05, 0) is 18.6 Å². The molecule has 8 nitrogen and oxygen atoms in total. The zero-order chi connectivity index (χ0) is 21.8. The van der Waals surface area contributed by atoms with E-state index in [-0.39, 0.29) is 18.0 Å². The van der Waals surface area contributed by atoms with Crippen LogP contribution in [0.15, 0.2) is 60.9 Å². The summed E-state index contributed by atoms with van der Waals surface area (Å²) in [5.41, 5.74) is 2.50. The van der Waals surface area contributed by atoms with E-state index in [0.29, 0.717) is 18.1 Å². The number of aryl methyl sites for hydroxylation is 1. The van der Waals surface area contributed by atoms with Crippen molar-refractivity contribution in [1.82, 2.24) is 9.97 Å². The summed E-state index contributed by atoms with van der Waals surface area (Å²) in [7, 11) is 0. The number of nitro groups is 1. The molecule has 9 heteroatoms. The standard InChI is InChI=1S/C22H19N5O3S/c1-14-19(15-6-3-2-4-7-15)20-21(24-13-25-22(20)31-14)23-11-10-18(28)26-16-8-5-9-17(12-16)27(29)30/h2-9,12-13H,10-11H2,1H3,(H,26,28)(H,23,24,25). The molecule has 0 saturated heterocycles. The van der Waals surface area contributed by atoms with Crippen LogP contribution in [0.25, 0.3) is 21.3 Å². The van der Waals surface area contributed by atoms with Gasteiger partial charge in [-0.15, -0.1) is 11.3 Å². The third-order valence-corrected chi connectivity index (χ3v) is 5.73. The van der Waals surface area contributed by atoms with Crippen LogP contribution in [0.4, 0.5) is 17.2 Å². The molecule has 4 aromatic rings. The summed E-state index contributed by atoms with van der Waals surface area (Å²) in [5.74, 6) is 0.430. The van der Waals surface area contributed by atoms with Crippen molar-refractivity contribution in [3.63, 3.8) is 0 Å². The monoisotopic (exact) mass is 433 g/mol. The Kier molecular flexibility index (Phi) is 5.85. The number of benzene rings is 2. The Morgan fingerprint density at radius 3 is 2.71 bits per heavy atom. The lowest BCUT2D eigenvalue weighted by Crippen LogP contribution is -2.16. The summed E-state index contributed by atoms with van der Waals surface area (Å²) in [4.78, 5) is 33.5. The first-order chi connectivity index (χ1) is 15.0. The quantitative estimate of drug-likeness (QED) is 0.313. The van der Waals surface area contributed by atoms with Crippen LogP contribution in [-0.2, 0) is 4.79 Å². The number of nitrogens with one attached hydrogen (secondary N) is 2. The maximum absolute atomic E-state index is 12.3. The molecule has 4 rings (SSSR count). The van der Waals surface area contributed by atoms with E-state index in [1.165, 1.54) is 24.5 Å². The molecule has 2 aromatic carbocycles. The largest absolute Gasteiger partial charge is 0.369 e. The molecule has 0 aliphatic rings. The summed E-state index contributed by atoms with van der Waals surface area (Å²) >= 11 is 1.61. The molecule has 2 N–H and O–H groups in total. The van der Waals surface area contributed by atoms with Crippen molar-refractivity contribution in [2.24, 2.45) is 0 Å². The van der Waals surface area contributed by atoms with Crippen molar-refractivity contribution in [3.05, 3.63) is 75.9 Å². The van der Waals surface area contributed by atoms with Gasteiger partial charge < -0.3 is 10.6 Å². The number of aromatic nitrogens is 2. The van der Waals surface area contributed by atoms with Crippen LogP contribution in [0, 0.1) is 17.0 Å². The Hall–Kier alpha value is -3.85. The Bertz CT molecular complexity index is 1260. The first-order valence-electron chi connectivity index (χ1n) is 9.60. The van der Waals surface area contributed by atoms with E-state index in [0.717, 1.165) is 26.2 Å². The molecule has 0 fully saturated rings. The van der Waals surface area contributed by atoms with E-state index in [1.807, 2.05) is 18.2 Å². The number of carbonyl (C=O) groups is 1. The third-order valence-electron chi connectivity index (χ3n) is 4.71. The van der Waals surface area contributed by atoms with Gasteiger partial charge in [0, 0.05) is 41.2 Å². The van der Waals surface area contributed by atoms with E-state index in [9.17, 15) is 14.9 Å². The molecule has 0 atom stereocenters. The molecule has 156 valence electrons. The zero-order valence-electron chi connectivity index (χ0n) is 16.7. The SMILES string of the molecule is Cc1sc2ncnc(NCCC(=O)Nc3cccc([N+](=O)[O-])c3)c2c1-c1ccccc1. The first-order valence-corrected chi connectivity index (χ1v) is 10.4. The maximum atomic E-state index is 12.3. The Labute approximate surface area is 182 Å². The number of hydrogen-bond donors (Lipinski definition) is 2. The Morgan fingerprint density at radius 2 is 1.94 bits per heavy atom. The number of anilines is 2. The predicted molar refractivity (Wildman–Crippen MR) is 122 cm³/mol. The molecule has 0 aliphatic heterocycles. The van der Waals surface area contributed by atoms with Gasteiger partial charge in [-0.3, -0.25) is 14.9 Å². The van der Waals surface area contributed by atoms with Gasteiger partial charge in [0.05, 0.1) is 10.3 Å². The number of fused-ring (bicyclic) bond motifs is 1. The van der Waals surface area contributed by atoms with Crippen LogP contribution < -0.4 is 10.6 Å². The highest BCUT2D eigenvalue weighted by Crippen LogP contribution is 2.40. The number of non-ortho nitro benzene ring substituents is 1. The number of nitrogens with zero attached hydrogens (tertiary/aromatic N) is 3. The van der Waals surface area contributed by atoms with Crippen LogP contribution >= 0.6 is 11.3 Å². The Morgan fingerprint density at radius 1 is 1.13 bits per heavy atom. The highest BCUT2D eigenvalue weighted by molar-refractivity contribution is 7.19. The van der Waals surface area contributed by atoms with Crippen LogP contribution in [0.3, 0.4) is 0 Å². The van der Waals surface area contributed by atoms with E-state index in [4.69, 9.17) is 0 Å². The minimum atomic E-state index is -0.495. The topological polar surface area (TPSA) is 110 Å². The fraction of sp³-hybridized carbons (Fsp3) is 0.136. The fourth-order valence-electron chi connectivity index (χ4n) is 3.35. The van der Waals surface area contributed by atoms with E-state index in [2.05, 4.69) is 39.7 Å². The average molecular weight is 433 g/mol. The number of nitro benzene ring substituents is 1. The molecular formula is C22H19N5O3S.